The van der Waals surface area contributed by atoms with Crippen molar-refractivity contribution in [2.45, 2.75) is 5.92 Å². The third kappa shape index (κ3) is 2.25. The number of urea groups is 1. The van der Waals surface area contributed by atoms with Crippen LogP contribution in [0.1, 0.15) is 17.0 Å². The molecule has 0 bridgehead atoms. The van der Waals surface area contributed by atoms with Crippen molar-refractivity contribution in [1.29, 1.82) is 0 Å². The van der Waals surface area contributed by atoms with Crippen molar-refractivity contribution in [3.05, 3.63) is 50.2 Å². The van der Waals surface area contributed by atoms with Crippen LogP contribution in [0.5, 0.6) is 17.4 Å². The summed E-state index contributed by atoms with van der Waals surface area (Å²) in [7, 11) is 0. The molecule has 2 atom stereocenters. The Morgan fingerprint density at radius 1 is 1.04 bits per heavy atom. The zero-order valence-electron chi connectivity index (χ0n) is 12.8. The maximum Gasteiger partial charge on any atom is 0.350 e. The number of aromatic amines is 2. The number of carbonyl (C=O) groups excluding carboxylic acids is 2. The fourth-order valence-electron chi connectivity index (χ4n) is 3.13. The average Bonchev–Trinajstić information content (AvgIpc) is 2.52. The summed E-state index contributed by atoms with van der Waals surface area (Å²) >= 11 is 0. The number of aromatic nitrogens is 2. The van der Waals surface area contributed by atoms with E-state index in [-0.39, 0.29) is 28.5 Å². The molecule has 0 fully saturated rings. The largest absolute Gasteiger partial charge is 0.508 e. The number of phenolic OH excluding ortho intramolecular Hbond substituents is 1. The quantitative estimate of drug-likeness (QED) is 0.446. The molecule has 26 heavy (non-hydrogen) atoms. The molecule has 4 rings (SSSR count). The lowest BCUT2D eigenvalue weighted by atomic mass is 9.78. The molecule has 2 aliphatic heterocycles. The van der Waals surface area contributed by atoms with Gasteiger partial charge in [0.25, 0.3) is 5.56 Å². The van der Waals surface area contributed by atoms with Gasteiger partial charge in [0.2, 0.25) is 17.7 Å². The predicted octanol–water partition coefficient (Wildman–Crippen LogP) is -0.737. The van der Waals surface area contributed by atoms with Gasteiger partial charge in [-0.05, 0) is 6.07 Å². The summed E-state index contributed by atoms with van der Waals surface area (Å²) in [5, 5.41) is 21.8. The van der Waals surface area contributed by atoms with E-state index in [1.54, 1.807) is 0 Å². The molecule has 0 spiro atoms. The first-order valence-electron chi connectivity index (χ1n) is 7.35. The van der Waals surface area contributed by atoms with Gasteiger partial charge in [-0.25, -0.2) is 9.59 Å². The summed E-state index contributed by atoms with van der Waals surface area (Å²) in [6, 6.07) is 2.98. The van der Waals surface area contributed by atoms with Crippen molar-refractivity contribution < 1.29 is 24.5 Å². The van der Waals surface area contributed by atoms with Gasteiger partial charge in [0.1, 0.15) is 17.4 Å². The van der Waals surface area contributed by atoms with Crippen LogP contribution in [0.3, 0.4) is 0 Å². The maximum atomic E-state index is 12.4. The molecular formula is C15H10N4O7. The molecule has 11 nitrogen and oxygen atoms in total. The number of aliphatic imine (C=N–C) groups is 1. The molecule has 1 aromatic carbocycles. The molecule has 2 aromatic rings. The lowest BCUT2D eigenvalue weighted by molar-refractivity contribution is -0.122. The normalized spacial score (nSPS) is 21.2. The van der Waals surface area contributed by atoms with E-state index in [1.807, 2.05) is 10.3 Å². The first-order valence-corrected chi connectivity index (χ1v) is 7.35. The third-order valence-corrected chi connectivity index (χ3v) is 4.14. The summed E-state index contributed by atoms with van der Waals surface area (Å²) in [5.41, 5.74) is -1.86. The predicted molar refractivity (Wildman–Crippen MR) is 84.4 cm³/mol. The smallest absolute Gasteiger partial charge is 0.350 e. The van der Waals surface area contributed by atoms with Gasteiger partial charge in [-0.15, -0.1) is 0 Å². The van der Waals surface area contributed by atoms with Crippen LogP contribution in [0, 0.1) is 5.92 Å². The highest BCUT2D eigenvalue weighted by molar-refractivity contribution is 6.16. The van der Waals surface area contributed by atoms with E-state index in [0.717, 1.165) is 0 Å². The number of carbonyl (C=O) groups is 2. The highest BCUT2D eigenvalue weighted by atomic mass is 16.5. The van der Waals surface area contributed by atoms with Gasteiger partial charge >= 0.3 is 11.7 Å². The number of nitrogens with zero attached hydrogens (tertiary/aromatic N) is 1. The Morgan fingerprint density at radius 3 is 2.54 bits per heavy atom. The van der Waals surface area contributed by atoms with Gasteiger partial charge in [-0.3, -0.25) is 24.9 Å². The standard InChI is InChI=1S/C15H10N4O7/c20-4-1-2-5-6(3-4)26-13-9(12(23)18-15(25)19-13)7(5)8-10(21)16-14(24)17-11(8)22/h1-3,7,9,20H,(H,18,23,25)(H3,16,17,21,22,24). The molecule has 132 valence electrons. The SMILES string of the molecule is O=C1N=C2Oc3cc(O)ccc3C(c3c(O)[nH]c(=O)[nH]c3=O)C2C(=O)N1. The molecule has 1 aromatic heterocycles. The van der Waals surface area contributed by atoms with Crippen LogP contribution in [0.4, 0.5) is 4.79 Å². The Kier molecular flexibility index (Phi) is 3.19. The number of amides is 3. The number of rotatable bonds is 1. The molecule has 2 aliphatic rings. The second kappa shape index (κ2) is 5.31. The number of hydrogen-bond donors (Lipinski definition) is 5. The number of phenols is 1. The van der Waals surface area contributed by atoms with Crippen LogP contribution < -0.4 is 21.3 Å². The lowest BCUT2D eigenvalue weighted by Crippen LogP contribution is -2.50. The summed E-state index contributed by atoms with van der Waals surface area (Å²) in [4.78, 5) is 55.2. The van der Waals surface area contributed by atoms with E-state index in [1.165, 1.54) is 18.2 Å². The topological polar surface area (TPSA) is 174 Å². The molecule has 3 heterocycles. The van der Waals surface area contributed by atoms with E-state index in [0.29, 0.717) is 0 Å². The van der Waals surface area contributed by atoms with Crippen molar-refractivity contribution in [3.63, 3.8) is 0 Å². The molecule has 5 N–H and O–H groups in total. The molecule has 0 radical (unpaired) electrons. The summed E-state index contributed by atoms with van der Waals surface area (Å²) in [6.45, 7) is 0. The number of nitrogens with one attached hydrogen (secondary N) is 3. The average molecular weight is 358 g/mol. The van der Waals surface area contributed by atoms with Crippen molar-refractivity contribution in [2.75, 3.05) is 0 Å². The van der Waals surface area contributed by atoms with Crippen LogP contribution in [0.2, 0.25) is 0 Å². The number of benzene rings is 1. The van der Waals surface area contributed by atoms with Gasteiger partial charge < -0.3 is 14.9 Å². The van der Waals surface area contributed by atoms with Crippen molar-refractivity contribution in [1.82, 2.24) is 15.3 Å². The van der Waals surface area contributed by atoms with E-state index >= 15 is 0 Å². The highest BCUT2D eigenvalue weighted by Gasteiger charge is 2.47. The van der Waals surface area contributed by atoms with Gasteiger partial charge in [0.05, 0.1) is 5.56 Å². The van der Waals surface area contributed by atoms with Crippen LogP contribution in [-0.2, 0) is 4.79 Å². The molecule has 0 aliphatic carbocycles. The van der Waals surface area contributed by atoms with E-state index in [9.17, 15) is 29.4 Å². The molecule has 0 saturated carbocycles. The zero-order chi connectivity index (χ0) is 18.6. The number of ether oxygens (including phenoxy) is 1. The molecule has 2 unspecified atom stereocenters. The molecule has 11 heteroatoms. The van der Waals surface area contributed by atoms with Crippen LogP contribution in [0.25, 0.3) is 0 Å². The monoisotopic (exact) mass is 358 g/mol. The molecular weight excluding hydrogens is 348 g/mol. The molecule has 0 saturated heterocycles. The van der Waals surface area contributed by atoms with Crippen molar-refractivity contribution in [2.24, 2.45) is 10.9 Å². The number of H-pyrrole nitrogens is 2. The number of fused-ring (bicyclic) bond motifs is 2. The van der Waals surface area contributed by atoms with Crippen molar-refractivity contribution >= 4 is 17.8 Å². The molecule has 3 amide bonds. The Labute approximate surface area is 143 Å². The second-order valence-corrected chi connectivity index (χ2v) is 5.69. The van der Waals surface area contributed by atoms with Gasteiger partial charge in [-0.2, -0.15) is 4.99 Å². The minimum absolute atomic E-state index is 0.0532. The Hall–Kier alpha value is -3.89. The van der Waals surface area contributed by atoms with E-state index in [2.05, 4.69) is 9.98 Å². The first-order chi connectivity index (χ1) is 12.3. The number of hydrogen-bond acceptors (Lipinski definition) is 7. The summed E-state index contributed by atoms with van der Waals surface area (Å²) < 4.78 is 5.46. The van der Waals surface area contributed by atoms with Crippen LogP contribution in [0.15, 0.2) is 32.8 Å². The zero-order valence-corrected chi connectivity index (χ0v) is 12.8. The van der Waals surface area contributed by atoms with Crippen molar-refractivity contribution in [3.8, 4) is 17.4 Å². The summed E-state index contributed by atoms with van der Waals surface area (Å²) in [6.07, 6.45) is 0. The van der Waals surface area contributed by atoms with E-state index in [4.69, 9.17) is 4.74 Å². The minimum atomic E-state index is -1.23. The highest BCUT2D eigenvalue weighted by Crippen LogP contribution is 2.45. The van der Waals surface area contributed by atoms with Gasteiger partial charge in [-0.1, -0.05) is 6.07 Å². The first kappa shape index (κ1) is 15.6. The van der Waals surface area contributed by atoms with Crippen LogP contribution >= 0.6 is 0 Å². The van der Waals surface area contributed by atoms with Gasteiger partial charge in [0, 0.05) is 17.5 Å². The Balaban J connectivity index is 2.04. The Bertz CT molecular complexity index is 1110. The fourth-order valence-corrected chi connectivity index (χ4v) is 3.13. The Morgan fingerprint density at radius 2 is 1.81 bits per heavy atom. The maximum absolute atomic E-state index is 12.4. The number of aromatic hydroxyl groups is 2. The van der Waals surface area contributed by atoms with Gasteiger partial charge in [0.15, 0.2) is 0 Å². The third-order valence-electron chi connectivity index (χ3n) is 4.14. The minimum Gasteiger partial charge on any atom is -0.508 e. The lowest BCUT2D eigenvalue weighted by Gasteiger charge is -2.34. The second-order valence-electron chi connectivity index (χ2n) is 5.69. The number of imide groups is 1. The van der Waals surface area contributed by atoms with E-state index < -0.39 is 40.9 Å². The summed E-state index contributed by atoms with van der Waals surface area (Å²) in [5.74, 6) is -4.26. The van der Waals surface area contributed by atoms with Crippen LogP contribution in [-0.4, -0.2) is 38.0 Å². The fraction of sp³-hybridized carbons (Fsp3) is 0.133.